The molecule has 3 aromatic carbocycles. The van der Waals surface area contributed by atoms with Gasteiger partial charge in [-0.25, -0.2) is 14.2 Å². The SMILES string of the molecule is COc1cc(-c2c[n+]3c(c(Cc4ccccc4)n2)NC(Cc2ccc(F)cc2)C3=O)ccc1O. The molecule has 5 rings (SSSR count). The number of anilines is 1. The molecule has 34 heavy (non-hydrogen) atoms. The van der Waals surface area contributed by atoms with E-state index in [1.165, 1.54) is 19.2 Å². The minimum absolute atomic E-state index is 0.0293. The Hall–Kier alpha value is -4.26. The van der Waals surface area contributed by atoms with Crippen molar-refractivity contribution in [2.75, 3.05) is 12.4 Å². The number of nitrogens with zero attached hydrogens (tertiary/aromatic N) is 2. The quantitative estimate of drug-likeness (QED) is 0.426. The maximum absolute atomic E-state index is 13.4. The molecule has 6 nitrogen and oxygen atoms in total. The summed E-state index contributed by atoms with van der Waals surface area (Å²) in [5.74, 6) is 0.587. The normalized spacial score (nSPS) is 14.5. The van der Waals surface area contributed by atoms with Gasteiger partial charge in [-0.15, -0.1) is 0 Å². The third-order valence-corrected chi connectivity index (χ3v) is 5.91. The van der Waals surface area contributed by atoms with Gasteiger partial charge in [0, 0.05) is 18.4 Å². The summed E-state index contributed by atoms with van der Waals surface area (Å²) >= 11 is 0. The molecular formula is C27H23FN3O3+. The van der Waals surface area contributed by atoms with Crippen molar-refractivity contribution in [2.45, 2.75) is 18.9 Å². The standard InChI is InChI=1S/C27H22FN3O3/c1-34-25-15-19(9-12-24(25)32)23-16-31-26(21(29-23)13-17-5-3-2-4-6-17)30-22(27(31)33)14-18-7-10-20(28)11-8-18/h2-12,15-16,22,32H,13-14H2,1H3/p+1. The largest absolute Gasteiger partial charge is 0.504 e. The highest BCUT2D eigenvalue weighted by molar-refractivity contribution is 5.83. The van der Waals surface area contributed by atoms with Crippen LogP contribution in [0.15, 0.2) is 79.0 Å². The molecule has 0 saturated heterocycles. The molecule has 1 aliphatic rings. The minimum atomic E-state index is -0.494. The van der Waals surface area contributed by atoms with E-state index >= 15 is 0 Å². The highest BCUT2D eigenvalue weighted by Gasteiger charge is 2.41. The van der Waals surface area contributed by atoms with Gasteiger partial charge >= 0.3 is 11.7 Å². The third-order valence-electron chi connectivity index (χ3n) is 5.91. The third kappa shape index (κ3) is 4.20. The number of benzene rings is 3. The van der Waals surface area contributed by atoms with Gasteiger partial charge < -0.3 is 9.84 Å². The van der Waals surface area contributed by atoms with Crippen LogP contribution in [0.25, 0.3) is 11.3 Å². The first-order valence-electron chi connectivity index (χ1n) is 10.9. The molecule has 0 spiro atoms. The Morgan fingerprint density at radius 1 is 1.06 bits per heavy atom. The summed E-state index contributed by atoms with van der Waals surface area (Å²) < 4.78 is 20.2. The molecule has 2 N–H and O–H groups in total. The first-order valence-corrected chi connectivity index (χ1v) is 10.9. The van der Waals surface area contributed by atoms with Crippen molar-refractivity contribution >= 4 is 11.7 Å². The molecule has 1 unspecified atom stereocenters. The number of phenols is 1. The van der Waals surface area contributed by atoms with Gasteiger partial charge in [0.2, 0.25) is 0 Å². The van der Waals surface area contributed by atoms with Crippen LogP contribution in [-0.4, -0.2) is 29.1 Å². The van der Waals surface area contributed by atoms with Crippen LogP contribution in [0.2, 0.25) is 0 Å². The number of rotatable bonds is 6. The van der Waals surface area contributed by atoms with Gasteiger partial charge in [0.15, 0.2) is 17.5 Å². The molecule has 0 amide bonds. The fraction of sp³-hybridized carbons (Fsp3) is 0.148. The average Bonchev–Trinajstić information content (AvgIpc) is 3.17. The number of ether oxygens (including phenoxy) is 1. The number of aromatic nitrogens is 2. The van der Waals surface area contributed by atoms with Crippen molar-refractivity contribution in [2.24, 2.45) is 0 Å². The topological polar surface area (TPSA) is 75.3 Å². The Bertz CT molecular complexity index is 1360. The van der Waals surface area contributed by atoms with E-state index in [1.807, 2.05) is 30.3 Å². The number of methoxy groups -OCH3 is 1. The van der Waals surface area contributed by atoms with Crippen molar-refractivity contribution in [3.8, 4) is 22.8 Å². The van der Waals surface area contributed by atoms with Crippen LogP contribution in [0.5, 0.6) is 11.5 Å². The molecule has 1 aliphatic heterocycles. The summed E-state index contributed by atoms with van der Waals surface area (Å²) in [5.41, 5.74) is 3.96. The predicted octanol–water partition coefficient (Wildman–Crippen LogP) is 4.16. The summed E-state index contributed by atoms with van der Waals surface area (Å²) in [4.78, 5) is 18.2. The van der Waals surface area contributed by atoms with E-state index in [2.05, 4.69) is 5.32 Å². The minimum Gasteiger partial charge on any atom is -0.504 e. The van der Waals surface area contributed by atoms with Crippen LogP contribution in [-0.2, 0) is 12.8 Å². The smallest absolute Gasteiger partial charge is 0.359 e. The van der Waals surface area contributed by atoms with Crippen LogP contribution in [0, 0.1) is 5.82 Å². The molecule has 0 saturated carbocycles. The highest BCUT2D eigenvalue weighted by atomic mass is 19.1. The zero-order valence-corrected chi connectivity index (χ0v) is 18.5. The lowest BCUT2D eigenvalue weighted by molar-refractivity contribution is -0.552. The van der Waals surface area contributed by atoms with Crippen molar-refractivity contribution in [3.05, 3.63) is 102 Å². The number of hydrogen-bond acceptors (Lipinski definition) is 5. The molecular weight excluding hydrogens is 433 g/mol. The van der Waals surface area contributed by atoms with Crippen molar-refractivity contribution < 1.29 is 23.6 Å². The van der Waals surface area contributed by atoms with Gasteiger partial charge in [-0.05, 0) is 41.5 Å². The van der Waals surface area contributed by atoms with Crippen molar-refractivity contribution in [3.63, 3.8) is 0 Å². The van der Waals surface area contributed by atoms with Crippen LogP contribution in [0.3, 0.4) is 0 Å². The maximum atomic E-state index is 13.4. The number of aromatic hydroxyl groups is 1. The Labute approximate surface area is 196 Å². The molecule has 170 valence electrons. The molecule has 0 aliphatic carbocycles. The second-order valence-electron chi connectivity index (χ2n) is 8.21. The first kappa shape index (κ1) is 21.6. The first-order chi connectivity index (χ1) is 16.5. The Morgan fingerprint density at radius 2 is 1.82 bits per heavy atom. The number of hydrogen-bond donors (Lipinski definition) is 2. The number of nitrogens with one attached hydrogen (secondary N) is 1. The van der Waals surface area contributed by atoms with Crippen molar-refractivity contribution in [1.29, 1.82) is 0 Å². The van der Waals surface area contributed by atoms with Gasteiger partial charge in [0.25, 0.3) is 0 Å². The molecule has 0 fully saturated rings. The van der Waals surface area contributed by atoms with E-state index < -0.39 is 6.04 Å². The highest BCUT2D eigenvalue weighted by Crippen LogP contribution is 2.32. The summed E-state index contributed by atoms with van der Waals surface area (Å²) in [6.07, 6.45) is 2.66. The maximum Gasteiger partial charge on any atom is 0.359 e. The molecule has 1 aromatic heterocycles. The monoisotopic (exact) mass is 456 g/mol. The lowest BCUT2D eigenvalue weighted by atomic mass is 10.1. The number of halogens is 1. The second-order valence-corrected chi connectivity index (χ2v) is 8.21. The second kappa shape index (κ2) is 8.94. The van der Waals surface area contributed by atoms with Gasteiger partial charge in [0.05, 0.1) is 7.11 Å². The van der Waals surface area contributed by atoms with E-state index in [0.717, 1.165) is 16.8 Å². The average molecular weight is 456 g/mol. The van der Waals surface area contributed by atoms with E-state index in [9.17, 15) is 14.3 Å². The van der Waals surface area contributed by atoms with Gasteiger partial charge in [-0.1, -0.05) is 42.5 Å². The van der Waals surface area contributed by atoms with Gasteiger partial charge in [0.1, 0.15) is 23.4 Å². The number of phenolic OH excluding ortho intramolecular Hbond substituents is 1. The van der Waals surface area contributed by atoms with Crippen LogP contribution >= 0.6 is 0 Å². The lowest BCUT2D eigenvalue weighted by Crippen LogP contribution is -2.44. The van der Waals surface area contributed by atoms with E-state index in [4.69, 9.17) is 9.72 Å². The van der Waals surface area contributed by atoms with E-state index in [1.54, 1.807) is 41.1 Å². The Balaban J connectivity index is 1.55. The molecule has 4 aromatic rings. The number of carbonyl (C=O) groups excluding carboxylic acids is 1. The predicted molar refractivity (Wildman–Crippen MR) is 125 cm³/mol. The summed E-state index contributed by atoms with van der Waals surface area (Å²) in [6.45, 7) is 0. The van der Waals surface area contributed by atoms with Crippen LogP contribution in [0.1, 0.15) is 21.6 Å². The van der Waals surface area contributed by atoms with Crippen molar-refractivity contribution in [1.82, 2.24) is 4.98 Å². The summed E-state index contributed by atoms with van der Waals surface area (Å²) in [5, 5.41) is 13.3. The van der Waals surface area contributed by atoms with Gasteiger partial charge in [-0.2, -0.15) is 4.57 Å². The molecule has 7 heteroatoms. The lowest BCUT2D eigenvalue weighted by Gasteiger charge is -2.09. The summed E-state index contributed by atoms with van der Waals surface area (Å²) in [7, 11) is 1.48. The summed E-state index contributed by atoms with van der Waals surface area (Å²) in [6, 6.07) is 20.6. The molecule has 0 bridgehead atoms. The van der Waals surface area contributed by atoms with Gasteiger partial charge in [-0.3, -0.25) is 5.32 Å². The van der Waals surface area contributed by atoms with Crippen LogP contribution in [0.4, 0.5) is 10.2 Å². The zero-order valence-electron chi connectivity index (χ0n) is 18.5. The van der Waals surface area contributed by atoms with E-state index in [-0.39, 0.29) is 17.5 Å². The van der Waals surface area contributed by atoms with Crippen LogP contribution < -0.4 is 14.6 Å². The molecule has 1 atom stereocenters. The number of fused-ring (bicyclic) bond motifs is 1. The Kier molecular flexibility index (Phi) is 5.67. The zero-order chi connectivity index (χ0) is 23.7. The fourth-order valence-corrected chi connectivity index (χ4v) is 4.16. The van der Waals surface area contributed by atoms with E-state index in [0.29, 0.717) is 35.7 Å². The Morgan fingerprint density at radius 3 is 2.56 bits per heavy atom. The fourth-order valence-electron chi connectivity index (χ4n) is 4.16. The number of carbonyl (C=O) groups is 1. The molecule has 0 radical (unpaired) electrons. The molecule has 2 heterocycles.